The predicted octanol–water partition coefficient (Wildman–Crippen LogP) is 2.11. The van der Waals surface area contributed by atoms with E-state index in [1.165, 1.54) is 11.0 Å². The topological polar surface area (TPSA) is 145 Å². The maximum Gasteiger partial charge on any atom is 0.339 e. The molecule has 0 amide bonds. The maximum atomic E-state index is 11.8. The van der Waals surface area contributed by atoms with Crippen LogP contribution in [0, 0.1) is 6.92 Å². The minimum Gasteiger partial charge on any atom is -0.508 e. The van der Waals surface area contributed by atoms with Crippen molar-refractivity contribution in [3.8, 4) is 11.5 Å². The Bertz CT molecular complexity index is 950. The molecule has 0 aliphatic carbocycles. The molecule has 0 heterocycles. The van der Waals surface area contributed by atoms with Gasteiger partial charge in [-0.05, 0) is 43.7 Å². The summed E-state index contributed by atoms with van der Waals surface area (Å²) < 4.78 is 11.8. The van der Waals surface area contributed by atoms with Crippen LogP contribution >= 0.6 is 7.60 Å². The molecule has 0 aliphatic heterocycles. The first kappa shape index (κ1) is 27.3. The molecule has 0 bridgehead atoms. The van der Waals surface area contributed by atoms with E-state index in [1.54, 1.807) is 30.3 Å². The summed E-state index contributed by atoms with van der Waals surface area (Å²) in [6.07, 6.45) is 0.232. The Kier molecular flexibility index (Phi) is 10.3. The zero-order valence-electron chi connectivity index (χ0n) is 19.1. The summed E-state index contributed by atoms with van der Waals surface area (Å²) >= 11 is 0. The number of hydrogen-bond acceptors (Lipinski definition) is 7. The molecule has 2 aromatic rings. The average Bonchev–Trinajstić information content (AvgIpc) is 2.74. The molecule has 6 N–H and O–H groups in total. The summed E-state index contributed by atoms with van der Waals surface area (Å²) in [5.41, 5.74) is 2.68. The molecule has 0 saturated heterocycles. The van der Waals surface area contributed by atoms with Crippen LogP contribution in [0.15, 0.2) is 36.4 Å². The number of aliphatic hydroxyl groups excluding tert-OH is 2. The largest absolute Gasteiger partial charge is 0.508 e. The van der Waals surface area contributed by atoms with Gasteiger partial charge in [-0.25, -0.2) is 0 Å². The average molecular weight is 483 g/mol. The number of nitrogens with zero attached hydrogens (tertiary/aromatic N) is 2. The van der Waals surface area contributed by atoms with Crippen LogP contribution in [0.25, 0.3) is 0 Å². The summed E-state index contributed by atoms with van der Waals surface area (Å²) in [5, 5.41) is 40.1. The van der Waals surface area contributed by atoms with Gasteiger partial charge in [-0.15, -0.1) is 0 Å². The summed E-state index contributed by atoms with van der Waals surface area (Å²) in [7, 11) is -4.41. The molecule has 0 spiro atoms. The summed E-state index contributed by atoms with van der Waals surface area (Å²) in [5.74, 6) is 0.106. The molecule has 184 valence electrons. The molecular weight excluding hydrogens is 447 g/mol. The van der Waals surface area contributed by atoms with E-state index < -0.39 is 19.9 Å². The first-order valence-corrected chi connectivity index (χ1v) is 12.7. The fourth-order valence-electron chi connectivity index (χ4n) is 3.86. The van der Waals surface area contributed by atoms with E-state index in [0.29, 0.717) is 23.2 Å². The molecule has 0 radical (unpaired) electrons. The Morgan fingerprint density at radius 1 is 0.970 bits per heavy atom. The number of benzene rings is 2. The number of phenols is 2. The number of aliphatic hydroxyl groups is 2. The normalized spacial score (nSPS) is 13.1. The van der Waals surface area contributed by atoms with Gasteiger partial charge < -0.3 is 30.2 Å². The molecule has 0 aromatic heterocycles. The molecule has 2 rings (SSSR count). The van der Waals surface area contributed by atoms with Crippen molar-refractivity contribution in [1.29, 1.82) is 0 Å². The Hall–Kier alpha value is -1.97. The number of aryl methyl sites for hydroxylation is 1. The summed E-state index contributed by atoms with van der Waals surface area (Å²) in [6, 6.07) is 9.41. The fraction of sp³-hybridized carbons (Fsp3) is 0.478. The second-order valence-electron chi connectivity index (χ2n) is 8.38. The second kappa shape index (κ2) is 12.5. The van der Waals surface area contributed by atoms with Gasteiger partial charge in [0.05, 0.1) is 13.2 Å². The highest BCUT2D eigenvalue weighted by Gasteiger charge is 2.26. The first-order valence-electron chi connectivity index (χ1n) is 10.9. The van der Waals surface area contributed by atoms with Crippen LogP contribution in [0.3, 0.4) is 0 Å². The SMILES string of the molecule is CCCN(Cc1cc(CO)ccc1O)C(CO)CN(Cc1cc(C)ccc1O)CP(=O)(O)O. The van der Waals surface area contributed by atoms with Gasteiger partial charge in [-0.2, -0.15) is 0 Å². The minimum atomic E-state index is -4.41. The Morgan fingerprint density at radius 3 is 2.18 bits per heavy atom. The molecule has 0 fully saturated rings. The van der Waals surface area contributed by atoms with E-state index in [-0.39, 0.29) is 44.3 Å². The van der Waals surface area contributed by atoms with Crippen LogP contribution in [-0.2, 0) is 24.3 Å². The van der Waals surface area contributed by atoms with Gasteiger partial charge in [0.15, 0.2) is 0 Å². The van der Waals surface area contributed by atoms with Crippen molar-refractivity contribution in [2.45, 2.75) is 46.0 Å². The van der Waals surface area contributed by atoms with Gasteiger partial charge in [0.2, 0.25) is 0 Å². The standard InChI is InChI=1S/C23H35N2O7P/c1-3-8-25(12-20-10-18(14-26)5-7-23(20)29)21(15-27)13-24(16-33(30,31)32)11-19-9-17(2)4-6-22(19)28/h4-7,9-10,21,26-29H,3,8,11-16H2,1-2H3,(H2,30,31,32). The van der Waals surface area contributed by atoms with E-state index in [2.05, 4.69) is 0 Å². The number of aromatic hydroxyl groups is 2. The Morgan fingerprint density at radius 2 is 1.61 bits per heavy atom. The molecule has 2 aromatic carbocycles. The highest BCUT2D eigenvalue weighted by Crippen LogP contribution is 2.36. The molecule has 9 nitrogen and oxygen atoms in total. The third kappa shape index (κ3) is 8.72. The smallest absolute Gasteiger partial charge is 0.339 e. The summed E-state index contributed by atoms with van der Waals surface area (Å²) in [4.78, 5) is 22.7. The molecular formula is C23H35N2O7P. The lowest BCUT2D eigenvalue weighted by Gasteiger charge is -2.35. The lowest BCUT2D eigenvalue weighted by molar-refractivity contribution is 0.0817. The number of rotatable bonds is 13. The molecule has 1 atom stereocenters. The fourth-order valence-corrected chi connectivity index (χ4v) is 4.60. The van der Waals surface area contributed by atoms with Crippen LogP contribution < -0.4 is 0 Å². The number of phenolic OH excluding ortho intramolecular Hbond substituents is 2. The van der Waals surface area contributed by atoms with Gasteiger partial charge in [0.25, 0.3) is 0 Å². The van der Waals surface area contributed by atoms with Gasteiger partial charge in [0.1, 0.15) is 17.8 Å². The zero-order chi connectivity index (χ0) is 24.6. The van der Waals surface area contributed by atoms with Crippen LogP contribution in [-0.4, -0.2) is 72.0 Å². The van der Waals surface area contributed by atoms with Crippen molar-refractivity contribution in [2.75, 3.05) is 26.0 Å². The van der Waals surface area contributed by atoms with E-state index in [4.69, 9.17) is 0 Å². The van der Waals surface area contributed by atoms with Crippen LogP contribution in [0.4, 0.5) is 0 Å². The van der Waals surface area contributed by atoms with Gasteiger partial charge in [-0.3, -0.25) is 14.4 Å². The molecule has 1 unspecified atom stereocenters. The van der Waals surface area contributed by atoms with Gasteiger partial charge >= 0.3 is 7.60 Å². The van der Waals surface area contributed by atoms with Crippen molar-refractivity contribution in [3.05, 3.63) is 58.7 Å². The Labute approximate surface area is 194 Å². The van der Waals surface area contributed by atoms with E-state index >= 15 is 0 Å². The van der Waals surface area contributed by atoms with Crippen molar-refractivity contribution in [1.82, 2.24) is 9.80 Å². The first-order chi connectivity index (χ1) is 15.6. The van der Waals surface area contributed by atoms with E-state index in [1.807, 2.05) is 18.7 Å². The predicted molar refractivity (Wildman–Crippen MR) is 126 cm³/mol. The van der Waals surface area contributed by atoms with Crippen LogP contribution in [0.5, 0.6) is 11.5 Å². The van der Waals surface area contributed by atoms with E-state index in [0.717, 1.165) is 12.0 Å². The lowest BCUT2D eigenvalue weighted by Crippen LogP contribution is -2.46. The van der Waals surface area contributed by atoms with Crippen LogP contribution in [0.1, 0.15) is 35.6 Å². The molecule has 10 heteroatoms. The number of hydrogen-bond donors (Lipinski definition) is 6. The lowest BCUT2D eigenvalue weighted by atomic mass is 10.1. The van der Waals surface area contributed by atoms with E-state index in [9.17, 15) is 34.8 Å². The van der Waals surface area contributed by atoms with Gasteiger partial charge in [-0.1, -0.05) is 30.7 Å². The van der Waals surface area contributed by atoms with Crippen molar-refractivity contribution in [2.24, 2.45) is 0 Å². The van der Waals surface area contributed by atoms with Gasteiger partial charge in [0, 0.05) is 36.8 Å². The van der Waals surface area contributed by atoms with Crippen LogP contribution in [0.2, 0.25) is 0 Å². The zero-order valence-corrected chi connectivity index (χ0v) is 20.0. The monoisotopic (exact) mass is 482 g/mol. The molecule has 33 heavy (non-hydrogen) atoms. The molecule has 0 aliphatic rings. The van der Waals surface area contributed by atoms with Crippen molar-refractivity contribution in [3.63, 3.8) is 0 Å². The Balaban J connectivity index is 2.29. The minimum absolute atomic E-state index is 0.0352. The highest BCUT2D eigenvalue weighted by atomic mass is 31.2. The quantitative estimate of drug-likeness (QED) is 0.236. The van der Waals surface area contributed by atoms with Crippen molar-refractivity contribution >= 4 is 7.60 Å². The summed E-state index contributed by atoms with van der Waals surface area (Å²) in [6.45, 7) is 4.51. The molecule has 0 saturated carbocycles. The third-order valence-electron chi connectivity index (χ3n) is 5.42. The third-order valence-corrected chi connectivity index (χ3v) is 6.19. The maximum absolute atomic E-state index is 11.8. The van der Waals surface area contributed by atoms with Crippen molar-refractivity contribution < 1.29 is 34.8 Å². The highest BCUT2D eigenvalue weighted by molar-refractivity contribution is 7.51. The second-order valence-corrected chi connectivity index (χ2v) is 9.99.